The summed E-state index contributed by atoms with van der Waals surface area (Å²) >= 11 is 2.88. The van der Waals surface area contributed by atoms with E-state index in [4.69, 9.17) is 0 Å². The molecule has 0 N–H and O–H groups in total. The van der Waals surface area contributed by atoms with Crippen molar-refractivity contribution in [1.29, 1.82) is 5.26 Å². The van der Waals surface area contributed by atoms with Gasteiger partial charge in [-0.15, -0.1) is 23.1 Å². The Balaban J connectivity index is 1.95. The first-order valence-electron chi connectivity index (χ1n) is 8.51. The molecule has 3 rings (SSSR count). The van der Waals surface area contributed by atoms with E-state index in [1.54, 1.807) is 12.1 Å². The van der Waals surface area contributed by atoms with Crippen LogP contribution in [0, 0.1) is 27.4 Å². The number of hydrogen-bond acceptors (Lipinski definition) is 7. The number of nitro benzene ring substituents is 1. The number of nitro groups is 1. The van der Waals surface area contributed by atoms with Crippen LogP contribution in [0.3, 0.4) is 0 Å². The number of thioether (sulfide) groups is 1. The third kappa shape index (κ3) is 4.06. The van der Waals surface area contributed by atoms with Gasteiger partial charge in [-0.2, -0.15) is 5.26 Å². The Kier molecular flexibility index (Phi) is 6.07. The average molecular weight is 412 g/mol. The Morgan fingerprint density at radius 3 is 2.79 bits per heavy atom. The highest BCUT2D eigenvalue weighted by Crippen LogP contribution is 2.44. The van der Waals surface area contributed by atoms with E-state index in [1.807, 2.05) is 24.4 Å². The second-order valence-electron chi connectivity index (χ2n) is 6.38. The van der Waals surface area contributed by atoms with Gasteiger partial charge in [-0.3, -0.25) is 14.9 Å². The van der Waals surface area contributed by atoms with Crippen LogP contribution in [0.25, 0.3) is 0 Å². The quantitative estimate of drug-likeness (QED) is 0.487. The summed E-state index contributed by atoms with van der Waals surface area (Å²) < 4.78 is 0. The second-order valence-corrected chi connectivity index (χ2v) is 8.32. The summed E-state index contributed by atoms with van der Waals surface area (Å²) in [7, 11) is 0. The molecule has 1 aliphatic heterocycles. The SMILES string of the molecule is CC(=O)C1C(C)=NC(SCc2cccc([N+](=O)[O-])c2)=C(C#N)[C@H]1c1cccs1. The fourth-order valence-corrected chi connectivity index (χ4v) is 5.16. The summed E-state index contributed by atoms with van der Waals surface area (Å²) in [5.74, 6) is -0.362. The van der Waals surface area contributed by atoms with Gasteiger partial charge >= 0.3 is 0 Å². The van der Waals surface area contributed by atoms with Crippen LogP contribution in [0.4, 0.5) is 5.69 Å². The molecule has 0 radical (unpaired) electrons. The van der Waals surface area contributed by atoms with Gasteiger partial charge < -0.3 is 0 Å². The molecule has 0 fully saturated rings. The lowest BCUT2D eigenvalue weighted by atomic mass is 9.79. The Morgan fingerprint density at radius 2 is 2.18 bits per heavy atom. The van der Waals surface area contributed by atoms with E-state index >= 15 is 0 Å². The highest BCUT2D eigenvalue weighted by atomic mass is 32.2. The van der Waals surface area contributed by atoms with Crippen molar-refractivity contribution in [2.75, 3.05) is 0 Å². The van der Waals surface area contributed by atoms with E-state index < -0.39 is 10.8 Å². The molecule has 0 amide bonds. The first kappa shape index (κ1) is 20.0. The molecule has 2 aromatic rings. The lowest BCUT2D eigenvalue weighted by molar-refractivity contribution is -0.384. The van der Waals surface area contributed by atoms with Crippen LogP contribution in [0.2, 0.25) is 0 Å². The molecule has 1 unspecified atom stereocenters. The molecule has 142 valence electrons. The normalized spacial score (nSPS) is 19.1. The van der Waals surface area contributed by atoms with Crippen molar-refractivity contribution < 1.29 is 9.72 Å². The zero-order valence-electron chi connectivity index (χ0n) is 15.3. The number of carbonyl (C=O) groups is 1. The minimum Gasteiger partial charge on any atom is -0.299 e. The van der Waals surface area contributed by atoms with Crippen molar-refractivity contribution in [3.05, 3.63) is 72.9 Å². The third-order valence-electron chi connectivity index (χ3n) is 4.51. The summed E-state index contributed by atoms with van der Waals surface area (Å²) in [5, 5.41) is 23.3. The van der Waals surface area contributed by atoms with Crippen LogP contribution in [0.1, 0.15) is 30.2 Å². The van der Waals surface area contributed by atoms with Crippen molar-refractivity contribution in [2.24, 2.45) is 10.9 Å². The van der Waals surface area contributed by atoms with Crippen LogP contribution >= 0.6 is 23.1 Å². The highest BCUT2D eigenvalue weighted by molar-refractivity contribution is 8.02. The highest BCUT2D eigenvalue weighted by Gasteiger charge is 2.38. The number of aliphatic imine (C=N–C) groups is 1. The fraction of sp³-hybridized carbons (Fsp3) is 0.250. The number of allylic oxidation sites excluding steroid dienone is 1. The molecule has 1 aromatic heterocycles. The van der Waals surface area contributed by atoms with Crippen LogP contribution < -0.4 is 0 Å². The number of Topliss-reactive ketones (excluding diaryl/α,β-unsaturated/α-hetero) is 1. The maximum absolute atomic E-state index is 12.3. The van der Waals surface area contributed by atoms with Gasteiger partial charge in [0.05, 0.1) is 22.5 Å². The van der Waals surface area contributed by atoms with Crippen molar-refractivity contribution in [1.82, 2.24) is 0 Å². The molecule has 2 atom stereocenters. The molecule has 0 bridgehead atoms. The molecule has 0 aliphatic carbocycles. The Hall–Kier alpha value is -2.76. The number of nitriles is 1. The molecule has 6 nitrogen and oxygen atoms in total. The van der Waals surface area contributed by atoms with Crippen molar-refractivity contribution >= 4 is 40.3 Å². The summed E-state index contributed by atoms with van der Waals surface area (Å²) in [6.45, 7) is 3.34. The van der Waals surface area contributed by atoms with Crippen LogP contribution in [0.5, 0.6) is 0 Å². The Morgan fingerprint density at radius 1 is 1.39 bits per heavy atom. The zero-order valence-corrected chi connectivity index (χ0v) is 16.9. The van der Waals surface area contributed by atoms with Gasteiger partial charge in [-0.1, -0.05) is 18.2 Å². The molecule has 8 heteroatoms. The van der Waals surface area contributed by atoms with Gasteiger partial charge in [0.25, 0.3) is 5.69 Å². The van der Waals surface area contributed by atoms with Crippen LogP contribution in [-0.4, -0.2) is 16.4 Å². The zero-order chi connectivity index (χ0) is 20.3. The van der Waals surface area contributed by atoms with Gasteiger partial charge in [0.15, 0.2) is 0 Å². The minimum atomic E-state index is -0.449. The van der Waals surface area contributed by atoms with Crippen molar-refractivity contribution in [2.45, 2.75) is 25.5 Å². The van der Waals surface area contributed by atoms with E-state index in [0.717, 1.165) is 10.4 Å². The van der Waals surface area contributed by atoms with E-state index in [-0.39, 0.29) is 17.4 Å². The summed E-state index contributed by atoms with van der Waals surface area (Å²) in [5.41, 5.74) is 1.97. The third-order valence-corrected chi connectivity index (χ3v) is 6.53. The van der Waals surface area contributed by atoms with Crippen molar-refractivity contribution in [3.8, 4) is 6.07 Å². The number of hydrogen-bond donors (Lipinski definition) is 0. The predicted molar refractivity (Wildman–Crippen MR) is 111 cm³/mol. The van der Waals surface area contributed by atoms with Gasteiger partial charge in [0.1, 0.15) is 10.8 Å². The standard InChI is InChI=1S/C20H17N3O3S2/c1-12-18(13(2)24)19(17-7-4-8-27-17)16(10-21)20(22-12)28-11-14-5-3-6-15(9-14)23(25)26/h3-9,18-19H,11H2,1-2H3/t18?,19-/m0/s1. The summed E-state index contributed by atoms with van der Waals surface area (Å²) in [4.78, 5) is 28.3. The number of thiophene rings is 1. The molecule has 0 saturated carbocycles. The molecular weight excluding hydrogens is 394 g/mol. The number of ketones is 1. The van der Waals surface area contributed by atoms with Gasteiger partial charge in [0.2, 0.25) is 0 Å². The van der Waals surface area contributed by atoms with Crippen LogP contribution in [-0.2, 0) is 10.5 Å². The minimum absolute atomic E-state index is 0.0184. The van der Waals surface area contributed by atoms with Gasteiger partial charge in [-0.25, -0.2) is 4.99 Å². The van der Waals surface area contributed by atoms with E-state index in [9.17, 15) is 20.2 Å². The molecule has 0 spiro atoms. The topological polar surface area (TPSA) is 96.4 Å². The van der Waals surface area contributed by atoms with E-state index in [0.29, 0.717) is 22.1 Å². The fourth-order valence-electron chi connectivity index (χ4n) is 3.27. The molecule has 1 aliphatic rings. The second kappa shape index (κ2) is 8.50. The predicted octanol–water partition coefficient (Wildman–Crippen LogP) is 5.09. The van der Waals surface area contributed by atoms with Crippen molar-refractivity contribution in [3.63, 3.8) is 0 Å². The number of nitrogens with zero attached hydrogens (tertiary/aromatic N) is 3. The molecule has 28 heavy (non-hydrogen) atoms. The number of carbonyl (C=O) groups excluding carboxylic acids is 1. The van der Waals surface area contributed by atoms with E-state index in [1.165, 1.54) is 42.2 Å². The van der Waals surface area contributed by atoms with Gasteiger partial charge in [0, 0.05) is 34.4 Å². The van der Waals surface area contributed by atoms with Gasteiger partial charge in [-0.05, 0) is 30.9 Å². The molecular formula is C20H17N3O3S2. The van der Waals surface area contributed by atoms with Crippen LogP contribution in [0.15, 0.2) is 57.4 Å². The maximum atomic E-state index is 12.3. The summed E-state index contributed by atoms with van der Waals surface area (Å²) in [6, 6.07) is 12.5. The lowest BCUT2D eigenvalue weighted by Gasteiger charge is -2.29. The number of non-ortho nitro benzene ring substituents is 1. The molecule has 1 aromatic carbocycles. The number of benzene rings is 1. The number of rotatable bonds is 6. The monoisotopic (exact) mass is 411 g/mol. The Bertz CT molecular complexity index is 1020. The first-order valence-corrected chi connectivity index (χ1v) is 10.4. The average Bonchev–Trinajstić information content (AvgIpc) is 3.20. The molecule has 2 heterocycles. The Labute approximate surface area is 170 Å². The lowest BCUT2D eigenvalue weighted by Crippen LogP contribution is -2.30. The largest absolute Gasteiger partial charge is 0.299 e. The maximum Gasteiger partial charge on any atom is 0.269 e. The smallest absolute Gasteiger partial charge is 0.269 e. The molecule has 0 saturated heterocycles. The summed E-state index contributed by atoms with van der Waals surface area (Å²) in [6.07, 6.45) is 0. The van der Waals surface area contributed by atoms with E-state index in [2.05, 4.69) is 11.1 Å². The first-order chi connectivity index (χ1) is 13.4.